The van der Waals surface area contributed by atoms with Crippen LogP contribution in [0.1, 0.15) is 21.7 Å². The van der Waals surface area contributed by atoms with E-state index in [1.807, 2.05) is 22.9 Å². The third-order valence-corrected chi connectivity index (χ3v) is 6.47. The van der Waals surface area contributed by atoms with Crippen LogP contribution < -0.4 is 16.0 Å². The largest absolute Gasteiger partial charge is 0.360 e. The zero-order valence-corrected chi connectivity index (χ0v) is 20.8. The number of nitrogens with zero attached hydrogens (tertiary/aromatic N) is 1. The fraction of sp³-hybridized carbons (Fsp3) is 0.0769. The fourth-order valence-corrected chi connectivity index (χ4v) is 4.37. The molecule has 0 bridgehead atoms. The number of nitrogens with one attached hydrogen (secondary N) is 3. The molecule has 182 valence electrons. The van der Waals surface area contributed by atoms with Crippen LogP contribution >= 0.6 is 23.1 Å². The lowest BCUT2D eigenvalue weighted by Gasteiger charge is -2.11. The molecule has 0 spiro atoms. The molecule has 3 N–H and O–H groups in total. The van der Waals surface area contributed by atoms with Crippen molar-refractivity contribution in [1.82, 2.24) is 10.5 Å². The van der Waals surface area contributed by atoms with E-state index in [0.29, 0.717) is 22.8 Å². The molecule has 0 radical (unpaired) electrons. The third kappa shape index (κ3) is 7.17. The summed E-state index contributed by atoms with van der Waals surface area (Å²) >= 11 is 2.84. The lowest BCUT2D eigenvalue weighted by molar-refractivity contribution is -0.114. The summed E-state index contributed by atoms with van der Waals surface area (Å²) in [6.45, 7) is 1.75. The average Bonchev–Trinajstić information content (AvgIpc) is 3.55. The monoisotopic (exact) mass is 518 g/mol. The van der Waals surface area contributed by atoms with Gasteiger partial charge in [0.1, 0.15) is 11.5 Å². The van der Waals surface area contributed by atoms with E-state index >= 15 is 0 Å². The Bertz CT molecular complexity index is 1360. The number of anilines is 2. The minimum Gasteiger partial charge on any atom is -0.360 e. The van der Waals surface area contributed by atoms with Crippen LogP contribution in [0.25, 0.3) is 6.08 Å². The molecule has 4 rings (SSSR count). The quantitative estimate of drug-likeness (QED) is 0.208. The van der Waals surface area contributed by atoms with E-state index in [9.17, 15) is 14.4 Å². The Morgan fingerprint density at radius 2 is 1.81 bits per heavy atom. The molecule has 8 nitrogen and oxygen atoms in total. The second kappa shape index (κ2) is 12.0. The van der Waals surface area contributed by atoms with Gasteiger partial charge >= 0.3 is 0 Å². The first-order valence-electron chi connectivity index (χ1n) is 10.8. The van der Waals surface area contributed by atoms with Gasteiger partial charge in [-0.3, -0.25) is 14.4 Å². The normalized spacial score (nSPS) is 11.1. The standard InChI is InChI=1S/C26H22N4O4S2/c1-17-13-23(30-34-17)29-24(31)16-36-21-9-7-20(8-10-21)27-26(33)22(14-18-11-12-35-15-18)28-25(32)19-5-3-2-4-6-19/h2-15H,16H2,1H3,(H,27,33)(H,28,32)(H,29,30,31)/b22-14-. The van der Waals surface area contributed by atoms with Gasteiger partial charge in [0.25, 0.3) is 11.8 Å². The van der Waals surface area contributed by atoms with E-state index in [1.165, 1.54) is 23.1 Å². The molecule has 0 aliphatic carbocycles. The van der Waals surface area contributed by atoms with E-state index in [-0.39, 0.29) is 23.3 Å². The number of thiophene rings is 1. The van der Waals surface area contributed by atoms with E-state index in [4.69, 9.17) is 4.52 Å². The average molecular weight is 519 g/mol. The lowest BCUT2D eigenvalue weighted by Crippen LogP contribution is -2.30. The number of carbonyl (C=O) groups excluding carboxylic acids is 3. The van der Waals surface area contributed by atoms with Crippen molar-refractivity contribution in [3.8, 4) is 0 Å². The Kier molecular flexibility index (Phi) is 8.32. The zero-order valence-electron chi connectivity index (χ0n) is 19.2. The molecular weight excluding hydrogens is 496 g/mol. The van der Waals surface area contributed by atoms with Crippen molar-refractivity contribution in [3.05, 3.63) is 100 Å². The van der Waals surface area contributed by atoms with Crippen LogP contribution in [-0.2, 0) is 9.59 Å². The molecule has 36 heavy (non-hydrogen) atoms. The molecule has 2 aromatic carbocycles. The molecule has 0 saturated heterocycles. The van der Waals surface area contributed by atoms with Crippen molar-refractivity contribution < 1.29 is 18.9 Å². The van der Waals surface area contributed by atoms with Crippen LogP contribution in [0.15, 0.2) is 92.6 Å². The maximum absolute atomic E-state index is 13.0. The summed E-state index contributed by atoms with van der Waals surface area (Å²) in [4.78, 5) is 38.6. The Labute approximate surface area is 215 Å². The summed E-state index contributed by atoms with van der Waals surface area (Å²) in [7, 11) is 0. The highest BCUT2D eigenvalue weighted by Gasteiger charge is 2.15. The van der Waals surface area contributed by atoms with Crippen molar-refractivity contribution in [2.75, 3.05) is 16.4 Å². The molecule has 0 saturated carbocycles. The van der Waals surface area contributed by atoms with Crippen molar-refractivity contribution >= 4 is 58.4 Å². The fourth-order valence-electron chi connectivity index (χ4n) is 3.05. The van der Waals surface area contributed by atoms with Gasteiger partial charge in [0.15, 0.2) is 5.82 Å². The van der Waals surface area contributed by atoms with Gasteiger partial charge in [-0.2, -0.15) is 11.3 Å². The van der Waals surface area contributed by atoms with Gasteiger partial charge < -0.3 is 20.5 Å². The van der Waals surface area contributed by atoms with Crippen LogP contribution in [0.4, 0.5) is 11.5 Å². The number of hydrogen-bond acceptors (Lipinski definition) is 7. The van der Waals surface area contributed by atoms with E-state index < -0.39 is 5.91 Å². The van der Waals surface area contributed by atoms with Crippen LogP contribution in [-0.4, -0.2) is 28.6 Å². The van der Waals surface area contributed by atoms with Crippen molar-refractivity contribution in [3.63, 3.8) is 0 Å². The summed E-state index contributed by atoms with van der Waals surface area (Å²) in [6, 6.07) is 19.3. The molecule has 0 unspecified atom stereocenters. The first-order chi connectivity index (χ1) is 17.5. The zero-order chi connectivity index (χ0) is 25.3. The van der Waals surface area contributed by atoms with E-state index in [2.05, 4.69) is 21.1 Å². The Hall–Kier alpha value is -4.15. The number of benzene rings is 2. The second-order valence-corrected chi connectivity index (χ2v) is 9.40. The van der Waals surface area contributed by atoms with E-state index in [0.717, 1.165) is 10.5 Å². The molecule has 4 aromatic rings. The smallest absolute Gasteiger partial charge is 0.272 e. The molecule has 2 heterocycles. The van der Waals surface area contributed by atoms with Gasteiger partial charge in [0.2, 0.25) is 5.91 Å². The Balaban J connectivity index is 1.37. The lowest BCUT2D eigenvalue weighted by atomic mass is 10.2. The van der Waals surface area contributed by atoms with Crippen LogP contribution in [0.2, 0.25) is 0 Å². The van der Waals surface area contributed by atoms with Gasteiger partial charge in [0.05, 0.1) is 5.75 Å². The second-order valence-electron chi connectivity index (χ2n) is 7.57. The first-order valence-corrected chi connectivity index (χ1v) is 12.8. The molecule has 0 atom stereocenters. The maximum Gasteiger partial charge on any atom is 0.272 e. The van der Waals surface area contributed by atoms with E-state index in [1.54, 1.807) is 67.6 Å². The number of rotatable bonds is 9. The summed E-state index contributed by atoms with van der Waals surface area (Å²) in [5, 5.41) is 15.7. The summed E-state index contributed by atoms with van der Waals surface area (Å²) in [5.74, 6) is 0.149. The topological polar surface area (TPSA) is 113 Å². The Morgan fingerprint density at radius 1 is 1.03 bits per heavy atom. The predicted molar refractivity (Wildman–Crippen MR) is 142 cm³/mol. The van der Waals surface area contributed by atoms with Crippen molar-refractivity contribution in [2.45, 2.75) is 11.8 Å². The number of aryl methyl sites for hydroxylation is 1. The number of thioether (sulfide) groups is 1. The molecular formula is C26H22N4O4S2. The number of amides is 3. The van der Waals surface area contributed by atoms with Crippen molar-refractivity contribution in [2.24, 2.45) is 0 Å². The third-order valence-electron chi connectivity index (χ3n) is 4.76. The highest BCUT2D eigenvalue weighted by molar-refractivity contribution is 8.00. The summed E-state index contributed by atoms with van der Waals surface area (Å²) in [5.41, 5.74) is 1.94. The van der Waals surface area contributed by atoms with Crippen LogP contribution in [0.5, 0.6) is 0 Å². The first kappa shape index (κ1) is 25.0. The van der Waals surface area contributed by atoms with Crippen LogP contribution in [0, 0.1) is 6.92 Å². The van der Waals surface area contributed by atoms with Crippen LogP contribution in [0.3, 0.4) is 0 Å². The number of carbonyl (C=O) groups is 3. The minimum atomic E-state index is -0.451. The Morgan fingerprint density at radius 3 is 2.47 bits per heavy atom. The van der Waals surface area contributed by atoms with Gasteiger partial charge in [-0.05, 0) is 71.8 Å². The SMILES string of the molecule is Cc1cc(NC(=O)CSc2ccc(NC(=O)/C(=C/c3ccsc3)NC(=O)c3ccccc3)cc2)no1. The van der Waals surface area contributed by atoms with Gasteiger partial charge in [-0.15, -0.1) is 11.8 Å². The highest BCUT2D eigenvalue weighted by atomic mass is 32.2. The number of aromatic nitrogens is 1. The molecule has 10 heteroatoms. The molecule has 2 aromatic heterocycles. The van der Waals surface area contributed by atoms with Gasteiger partial charge in [0, 0.05) is 22.2 Å². The molecule has 3 amide bonds. The minimum absolute atomic E-state index is 0.125. The molecule has 0 aliphatic heterocycles. The summed E-state index contributed by atoms with van der Waals surface area (Å²) < 4.78 is 4.93. The molecule has 0 aliphatic rings. The number of hydrogen-bond donors (Lipinski definition) is 3. The molecule has 0 fully saturated rings. The van der Waals surface area contributed by atoms with Crippen molar-refractivity contribution in [1.29, 1.82) is 0 Å². The van der Waals surface area contributed by atoms with Gasteiger partial charge in [-0.25, -0.2) is 0 Å². The highest BCUT2D eigenvalue weighted by Crippen LogP contribution is 2.21. The van der Waals surface area contributed by atoms with Gasteiger partial charge in [-0.1, -0.05) is 23.4 Å². The maximum atomic E-state index is 13.0. The summed E-state index contributed by atoms with van der Waals surface area (Å²) in [6.07, 6.45) is 1.63. The predicted octanol–water partition coefficient (Wildman–Crippen LogP) is 5.18.